The number of hydrogen-bond acceptors (Lipinski definition) is 4. The van der Waals surface area contributed by atoms with E-state index in [1.165, 1.54) is 10.9 Å². The minimum Gasteiger partial charge on any atom is -0.328 e. The first-order chi connectivity index (χ1) is 9.16. The molecule has 6 heteroatoms. The van der Waals surface area contributed by atoms with Gasteiger partial charge in [0.2, 0.25) is 0 Å². The summed E-state index contributed by atoms with van der Waals surface area (Å²) in [4.78, 5) is 34.0. The van der Waals surface area contributed by atoms with Crippen LogP contribution in [0.15, 0.2) is 35.6 Å². The molecule has 3 rings (SSSR count). The van der Waals surface area contributed by atoms with Crippen LogP contribution in [0.25, 0.3) is 0 Å². The molecule has 0 aromatic carbocycles. The molecule has 0 fully saturated rings. The maximum Gasteiger partial charge on any atom is 0.263 e. The number of amides is 1. The molecule has 0 radical (unpaired) electrons. The van der Waals surface area contributed by atoms with Gasteiger partial charge in [-0.25, -0.2) is 9.97 Å². The lowest BCUT2D eigenvalue weighted by molar-refractivity contribution is 0.0748. The Balaban J connectivity index is 1.92. The third-order valence-electron chi connectivity index (χ3n) is 3.22. The normalized spacial score (nSPS) is 13.4. The number of aromatic nitrogens is 3. The molecule has 2 aromatic heterocycles. The van der Waals surface area contributed by atoms with Crippen molar-refractivity contribution in [3.05, 3.63) is 58.0 Å². The number of rotatable bonds is 1. The number of nitrogens with zero attached hydrogens (tertiary/aromatic N) is 4. The van der Waals surface area contributed by atoms with E-state index in [1.54, 1.807) is 36.5 Å². The Kier molecular flexibility index (Phi) is 2.63. The van der Waals surface area contributed by atoms with Crippen LogP contribution < -0.4 is 5.56 Å². The first kappa shape index (κ1) is 11.6. The summed E-state index contributed by atoms with van der Waals surface area (Å²) < 4.78 is 1.40. The zero-order valence-corrected chi connectivity index (χ0v) is 10.4. The molecule has 0 bridgehead atoms. The van der Waals surface area contributed by atoms with Crippen molar-refractivity contribution in [2.24, 2.45) is 7.05 Å². The van der Waals surface area contributed by atoms with Gasteiger partial charge in [0.1, 0.15) is 11.9 Å². The van der Waals surface area contributed by atoms with Crippen LogP contribution in [0.2, 0.25) is 0 Å². The third kappa shape index (κ3) is 1.91. The minimum atomic E-state index is -0.283. The summed E-state index contributed by atoms with van der Waals surface area (Å²) in [5.74, 6) is -0.265. The summed E-state index contributed by atoms with van der Waals surface area (Å²) in [6.07, 6.45) is 4.80. The Labute approximate surface area is 109 Å². The van der Waals surface area contributed by atoms with Gasteiger partial charge in [0.05, 0.1) is 12.2 Å². The van der Waals surface area contributed by atoms with Gasteiger partial charge in [0.15, 0.2) is 0 Å². The Morgan fingerprint density at radius 1 is 1.37 bits per heavy atom. The highest BCUT2D eigenvalue weighted by Gasteiger charge is 2.26. The average molecular weight is 256 g/mol. The monoisotopic (exact) mass is 256 g/mol. The number of carbonyl (C=O) groups excluding carboxylic acids is 1. The van der Waals surface area contributed by atoms with Crippen LogP contribution in [0.1, 0.15) is 21.6 Å². The van der Waals surface area contributed by atoms with Gasteiger partial charge in [0, 0.05) is 31.5 Å². The Bertz CT molecular complexity index is 683. The van der Waals surface area contributed by atoms with E-state index >= 15 is 0 Å². The standard InChI is InChI=1S/C13H12N4O2/c1-16-4-2-3-10(12(16)18)13(19)17-6-9-5-14-8-15-11(9)7-17/h2-5,8H,6-7H2,1H3. The summed E-state index contributed by atoms with van der Waals surface area (Å²) in [6, 6.07) is 3.25. The molecule has 19 heavy (non-hydrogen) atoms. The molecule has 6 nitrogen and oxygen atoms in total. The number of aryl methyl sites for hydroxylation is 1. The third-order valence-corrected chi connectivity index (χ3v) is 3.22. The highest BCUT2D eigenvalue weighted by atomic mass is 16.2. The van der Waals surface area contributed by atoms with Crippen LogP contribution in [0.5, 0.6) is 0 Å². The predicted octanol–water partition coefficient (Wildman–Crippen LogP) is 0.331. The highest BCUT2D eigenvalue weighted by Crippen LogP contribution is 2.20. The van der Waals surface area contributed by atoms with Crippen molar-refractivity contribution in [1.29, 1.82) is 0 Å². The van der Waals surface area contributed by atoms with Gasteiger partial charge in [-0.05, 0) is 12.1 Å². The summed E-state index contributed by atoms with van der Waals surface area (Å²) in [5, 5.41) is 0. The average Bonchev–Trinajstić information content (AvgIpc) is 2.85. The van der Waals surface area contributed by atoms with Crippen LogP contribution in [0, 0.1) is 0 Å². The van der Waals surface area contributed by atoms with E-state index in [2.05, 4.69) is 9.97 Å². The largest absolute Gasteiger partial charge is 0.328 e. The zero-order valence-electron chi connectivity index (χ0n) is 10.4. The van der Waals surface area contributed by atoms with E-state index in [9.17, 15) is 9.59 Å². The van der Waals surface area contributed by atoms with Crippen LogP contribution in [-0.4, -0.2) is 25.3 Å². The minimum absolute atomic E-state index is 0.186. The van der Waals surface area contributed by atoms with Gasteiger partial charge < -0.3 is 9.47 Å². The number of pyridine rings is 1. The summed E-state index contributed by atoms with van der Waals surface area (Å²) in [5.41, 5.74) is 1.68. The van der Waals surface area contributed by atoms with Crippen molar-refractivity contribution < 1.29 is 4.79 Å². The molecule has 0 unspecified atom stereocenters. The quantitative estimate of drug-likeness (QED) is 0.737. The van der Waals surface area contributed by atoms with Crippen molar-refractivity contribution >= 4 is 5.91 Å². The lowest BCUT2D eigenvalue weighted by Crippen LogP contribution is -2.32. The van der Waals surface area contributed by atoms with Gasteiger partial charge in [-0.15, -0.1) is 0 Å². The second kappa shape index (κ2) is 4.31. The van der Waals surface area contributed by atoms with Gasteiger partial charge in [0.25, 0.3) is 11.5 Å². The van der Waals surface area contributed by atoms with E-state index in [0.29, 0.717) is 13.1 Å². The highest BCUT2D eigenvalue weighted by molar-refractivity contribution is 5.94. The van der Waals surface area contributed by atoms with E-state index in [-0.39, 0.29) is 17.0 Å². The fraction of sp³-hybridized carbons (Fsp3) is 0.231. The second-order valence-corrected chi connectivity index (χ2v) is 4.49. The van der Waals surface area contributed by atoms with Gasteiger partial charge in [-0.3, -0.25) is 9.59 Å². The first-order valence-electron chi connectivity index (χ1n) is 5.89. The van der Waals surface area contributed by atoms with Crippen LogP contribution in [0.4, 0.5) is 0 Å². The second-order valence-electron chi connectivity index (χ2n) is 4.49. The molecule has 0 saturated carbocycles. The Morgan fingerprint density at radius 3 is 3.00 bits per heavy atom. The smallest absolute Gasteiger partial charge is 0.263 e. The maximum atomic E-state index is 12.4. The summed E-state index contributed by atoms with van der Waals surface area (Å²) in [7, 11) is 1.63. The van der Waals surface area contributed by atoms with E-state index < -0.39 is 0 Å². The lowest BCUT2D eigenvalue weighted by atomic mass is 10.2. The topological polar surface area (TPSA) is 68.1 Å². The van der Waals surface area contributed by atoms with E-state index in [0.717, 1.165) is 11.3 Å². The molecule has 0 N–H and O–H groups in total. The summed E-state index contributed by atoms with van der Waals surface area (Å²) >= 11 is 0. The molecule has 1 aliphatic heterocycles. The van der Waals surface area contributed by atoms with Crippen molar-refractivity contribution in [2.45, 2.75) is 13.1 Å². The fourth-order valence-corrected chi connectivity index (χ4v) is 2.17. The molecule has 0 saturated heterocycles. The zero-order chi connectivity index (χ0) is 13.4. The summed E-state index contributed by atoms with van der Waals surface area (Å²) in [6.45, 7) is 0.877. The van der Waals surface area contributed by atoms with Crippen LogP contribution in [-0.2, 0) is 20.1 Å². The van der Waals surface area contributed by atoms with Gasteiger partial charge in [-0.1, -0.05) is 0 Å². The van der Waals surface area contributed by atoms with Crippen LogP contribution in [0.3, 0.4) is 0 Å². The fourth-order valence-electron chi connectivity index (χ4n) is 2.17. The number of carbonyl (C=O) groups is 1. The number of hydrogen-bond donors (Lipinski definition) is 0. The van der Waals surface area contributed by atoms with Crippen molar-refractivity contribution in [2.75, 3.05) is 0 Å². The van der Waals surface area contributed by atoms with Crippen molar-refractivity contribution in [3.63, 3.8) is 0 Å². The molecule has 3 heterocycles. The van der Waals surface area contributed by atoms with Crippen LogP contribution >= 0.6 is 0 Å². The Hall–Kier alpha value is -2.50. The van der Waals surface area contributed by atoms with Crippen molar-refractivity contribution in [3.8, 4) is 0 Å². The molecule has 2 aromatic rings. The molecule has 96 valence electrons. The molecule has 0 atom stereocenters. The van der Waals surface area contributed by atoms with E-state index in [1.807, 2.05) is 0 Å². The lowest BCUT2D eigenvalue weighted by Gasteiger charge is -2.14. The maximum absolute atomic E-state index is 12.4. The Morgan fingerprint density at radius 2 is 2.21 bits per heavy atom. The van der Waals surface area contributed by atoms with Gasteiger partial charge >= 0.3 is 0 Å². The molecular formula is C13H12N4O2. The van der Waals surface area contributed by atoms with E-state index in [4.69, 9.17) is 0 Å². The molecule has 0 spiro atoms. The number of fused-ring (bicyclic) bond motifs is 1. The molecule has 0 aliphatic carbocycles. The molecule has 1 aliphatic rings. The first-order valence-corrected chi connectivity index (χ1v) is 5.89. The van der Waals surface area contributed by atoms with Crippen molar-refractivity contribution in [1.82, 2.24) is 19.4 Å². The molecular weight excluding hydrogens is 244 g/mol. The predicted molar refractivity (Wildman–Crippen MR) is 67.3 cm³/mol. The molecule has 1 amide bonds. The SMILES string of the molecule is Cn1cccc(C(=O)N2Cc3cncnc3C2)c1=O. The van der Waals surface area contributed by atoms with Gasteiger partial charge in [-0.2, -0.15) is 0 Å².